The molecule has 0 radical (unpaired) electrons. The van der Waals surface area contributed by atoms with E-state index in [0.29, 0.717) is 24.5 Å². The van der Waals surface area contributed by atoms with Gasteiger partial charge in [0.25, 0.3) is 5.91 Å². The number of nitrogens with two attached hydrogens (primary N) is 1. The number of nitrogen functional groups attached to an aromatic ring is 1. The summed E-state index contributed by atoms with van der Waals surface area (Å²) < 4.78 is 56.7. The average Bonchev–Trinajstić information content (AvgIpc) is 2.87. The number of rotatable bonds is 4. The van der Waals surface area contributed by atoms with Crippen LogP contribution < -0.4 is 11.1 Å². The third-order valence-electron chi connectivity index (χ3n) is 6.37. The normalized spacial score (nSPS) is 14.6. The van der Waals surface area contributed by atoms with E-state index >= 15 is 4.39 Å². The number of pyridine rings is 1. The fraction of sp³-hybridized carbons (Fsp3) is 0.286. The molecule has 2 heterocycles. The molecule has 4 rings (SSSR count). The van der Waals surface area contributed by atoms with Gasteiger partial charge in [0.05, 0.1) is 16.7 Å². The molecule has 0 bridgehead atoms. The minimum Gasteiger partial charge on any atom is -0.383 e. The van der Waals surface area contributed by atoms with E-state index in [1.807, 2.05) is 11.9 Å². The van der Waals surface area contributed by atoms with Crippen LogP contribution in [0.5, 0.6) is 0 Å². The Hall–Kier alpha value is -3.94. The zero-order chi connectivity index (χ0) is 27.4. The molecule has 1 saturated heterocycles. The first-order chi connectivity index (χ1) is 18.0. The number of hydrogen-bond donors (Lipinski definition) is 2. The monoisotopic (exact) mass is 525 g/mol. The first-order valence-electron chi connectivity index (χ1n) is 12.0. The molecule has 0 saturated carbocycles. The van der Waals surface area contributed by atoms with Crippen LogP contribution in [-0.4, -0.2) is 53.9 Å². The lowest BCUT2D eigenvalue weighted by Crippen LogP contribution is -2.44. The molecule has 1 aromatic heterocycles. The van der Waals surface area contributed by atoms with Crippen molar-refractivity contribution < 1.29 is 22.4 Å². The van der Waals surface area contributed by atoms with Gasteiger partial charge in [-0.25, -0.2) is 9.37 Å². The van der Waals surface area contributed by atoms with Crippen molar-refractivity contribution >= 4 is 17.4 Å². The van der Waals surface area contributed by atoms with Gasteiger partial charge >= 0.3 is 6.18 Å². The fourth-order valence-corrected chi connectivity index (χ4v) is 4.10. The highest BCUT2D eigenvalue weighted by molar-refractivity contribution is 6.04. The number of halogens is 4. The summed E-state index contributed by atoms with van der Waals surface area (Å²) in [6.07, 6.45) is -3.16. The summed E-state index contributed by atoms with van der Waals surface area (Å²) >= 11 is 0. The Bertz CT molecular complexity index is 1400. The Morgan fingerprint density at radius 2 is 1.84 bits per heavy atom. The Balaban J connectivity index is 1.54. The second-order valence-corrected chi connectivity index (χ2v) is 9.25. The molecule has 198 valence electrons. The highest BCUT2D eigenvalue weighted by Crippen LogP contribution is 2.35. The molecule has 1 aliphatic heterocycles. The number of alkyl halides is 3. The number of nitrogens with zero attached hydrogens (tertiary/aromatic N) is 3. The van der Waals surface area contributed by atoms with E-state index in [9.17, 15) is 18.0 Å². The molecule has 3 aromatic rings. The number of nitrogens with one attached hydrogen (secondary N) is 1. The molecule has 1 amide bonds. The van der Waals surface area contributed by atoms with E-state index in [2.05, 4.69) is 27.0 Å². The molecule has 1 aliphatic rings. The van der Waals surface area contributed by atoms with Crippen LogP contribution in [-0.2, 0) is 12.7 Å². The number of aromatic nitrogens is 1. The van der Waals surface area contributed by atoms with E-state index < -0.39 is 23.5 Å². The molecule has 10 heteroatoms. The number of piperazine rings is 1. The molecule has 2 aromatic carbocycles. The number of amides is 1. The minimum absolute atomic E-state index is 0.0365. The number of likely N-dealkylation sites (N-methyl/N-ethyl adjacent to an activating group) is 1. The van der Waals surface area contributed by atoms with Gasteiger partial charge in [-0.3, -0.25) is 9.69 Å². The third kappa shape index (κ3) is 6.49. The molecular formula is C28H27F4N5O. The maximum atomic E-state index is 15.1. The number of aryl methyl sites for hydroxylation is 1. The van der Waals surface area contributed by atoms with Gasteiger partial charge in [0.15, 0.2) is 5.82 Å². The van der Waals surface area contributed by atoms with Crippen LogP contribution in [0.3, 0.4) is 0 Å². The molecule has 1 fully saturated rings. The van der Waals surface area contributed by atoms with Crippen molar-refractivity contribution in [2.24, 2.45) is 0 Å². The van der Waals surface area contributed by atoms with Gasteiger partial charge in [0.1, 0.15) is 5.82 Å². The molecule has 0 aliphatic carbocycles. The molecule has 3 N–H and O–H groups in total. The van der Waals surface area contributed by atoms with E-state index in [1.165, 1.54) is 36.5 Å². The maximum absolute atomic E-state index is 15.1. The predicted octanol–water partition coefficient (Wildman–Crippen LogP) is 4.53. The van der Waals surface area contributed by atoms with Crippen LogP contribution in [0.4, 0.5) is 29.1 Å². The van der Waals surface area contributed by atoms with E-state index in [1.54, 1.807) is 13.0 Å². The van der Waals surface area contributed by atoms with Crippen LogP contribution in [0.25, 0.3) is 0 Å². The quantitative estimate of drug-likeness (QED) is 0.387. The third-order valence-corrected chi connectivity index (χ3v) is 6.37. The molecule has 0 spiro atoms. The van der Waals surface area contributed by atoms with Crippen molar-refractivity contribution in [3.8, 4) is 11.8 Å². The summed E-state index contributed by atoms with van der Waals surface area (Å²) in [5.41, 5.74) is 5.77. The summed E-state index contributed by atoms with van der Waals surface area (Å²) in [5, 5.41) is 2.39. The van der Waals surface area contributed by atoms with Gasteiger partial charge in [0, 0.05) is 50.2 Å². The second kappa shape index (κ2) is 11.2. The minimum atomic E-state index is -4.61. The van der Waals surface area contributed by atoms with Crippen molar-refractivity contribution in [3.63, 3.8) is 0 Å². The summed E-state index contributed by atoms with van der Waals surface area (Å²) in [6.45, 7) is 4.80. The van der Waals surface area contributed by atoms with E-state index in [-0.39, 0.29) is 28.9 Å². The van der Waals surface area contributed by atoms with Crippen LogP contribution in [0.2, 0.25) is 0 Å². The SMILES string of the molecule is Cc1cc(C#Cc2cccc(C(=O)Nc3ccc(CN4CCN(C)CC4)c(C(F)(F)F)c3)c2F)cnc1N. The van der Waals surface area contributed by atoms with E-state index in [4.69, 9.17) is 5.73 Å². The molecule has 0 unspecified atom stereocenters. The summed E-state index contributed by atoms with van der Waals surface area (Å²) in [5.74, 6) is 4.06. The first kappa shape index (κ1) is 27.1. The number of carbonyl (C=O) groups excluding carboxylic acids is 1. The van der Waals surface area contributed by atoms with Gasteiger partial charge in [-0.15, -0.1) is 0 Å². The largest absolute Gasteiger partial charge is 0.416 e. The Kier molecular flexibility index (Phi) is 7.99. The summed E-state index contributed by atoms with van der Waals surface area (Å²) in [7, 11) is 1.97. The van der Waals surface area contributed by atoms with Crippen LogP contribution in [0.1, 0.15) is 38.2 Å². The number of hydrogen-bond acceptors (Lipinski definition) is 5. The topological polar surface area (TPSA) is 74.5 Å². The maximum Gasteiger partial charge on any atom is 0.416 e. The molecule has 6 nitrogen and oxygen atoms in total. The highest BCUT2D eigenvalue weighted by Gasteiger charge is 2.34. The van der Waals surface area contributed by atoms with E-state index in [0.717, 1.165) is 24.7 Å². The van der Waals surface area contributed by atoms with Gasteiger partial charge < -0.3 is 16.0 Å². The summed E-state index contributed by atoms with van der Waals surface area (Å²) in [4.78, 5) is 20.9. The number of benzene rings is 2. The van der Waals surface area contributed by atoms with Crippen LogP contribution in [0, 0.1) is 24.6 Å². The average molecular weight is 526 g/mol. The van der Waals surface area contributed by atoms with Crippen molar-refractivity contribution in [1.82, 2.24) is 14.8 Å². The summed E-state index contributed by atoms with van der Waals surface area (Å²) in [6, 6.07) is 9.46. The standard InChI is InChI=1S/C28H27F4N5O/c1-18-14-19(16-34-26(18)33)6-7-20-4-3-5-23(25(20)29)27(38)35-22-9-8-21(24(15-22)28(30,31)32)17-37-12-10-36(2)11-13-37/h3-5,8-9,14-16H,10-13,17H2,1-2H3,(H2,33,34)(H,35,38). The lowest BCUT2D eigenvalue weighted by Gasteiger charge is -2.33. The zero-order valence-corrected chi connectivity index (χ0v) is 21.0. The predicted molar refractivity (Wildman–Crippen MR) is 138 cm³/mol. The number of anilines is 2. The number of carbonyl (C=O) groups is 1. The molecular weight excluding hydrogens is 498 g/mol. The second-order valence-electron chi connectivity index (χ2n) is 9.25. The van der Waals surface area contributed by atoms with Crippen LogP contribution in [0.15, 0.2) is 48.7 Å². The van der Waals surface area contributed by atoms with Crippen molar-refractivity contribution in [1.29, 1.82) is 0 Å². The Morgan fingerprint density at radius 3 is 2.53 bits per heavy atom. The lowest BCUT2D eigenvalue weighted by atomic mass is 10.0. The van der Waals surface area contributed by atoms with Gasteiger partial charge in [-0.2, -0.15) is 13.2 Å². The molecule has 0 atom stereocenters. The van der Waals surface area contributed by atoms with Gasteiger partial charge in [-0.1, -0.05) is 24.0 Å². The van der Waals surface area contributed by atoms with Crippen LogP contribution >= 0.6 is 0 Å². The van der Waals surface area contributed by atoms with Crippen molar-refractivity contribution in [2.75, 3.05) is 44.3 Å². The van der Waals surface area contributed by atoms with Gasteiger partial charge in [0.2, 0.25) is 0 Å². The van der Waals surface area contributed by atoms with Gasteiger partial charge in [-0.05, 0) is 55.4 Å². The highest BCUT2D eigenvalue weighted by atomic mass is 19.4. The van der Waals surface area contributed by atoms with Crippen molar-refractivity contribution in [2.45, 2.75) is 19.6 Å². The Morgan fingerprint density at radius 1 is 1.11 bits per heavy atom. The lowest BCUT2D eigenvalue weighted by molar-refractivity contribution is -0.138. The smallest absolute Gasteiger partial charge is 0.383 e. The van der Waals surface area contributed by atoms with Crippen molar-refractivity contribution in [3.05, 3.63) is 87.9 Å². The Labute approximate surface area is 218 Å². The fourth-order valence-electron chi connectivity index (χ4n) is 4.10. The zero-order valence-electron chi connectivity index (χ0n) is 21.0. The first-order valence-corrected chi connectivity index (χ1v) is 12.0. The molecule has 38 heavy (non-hydrogen) atoms.